The molecule has 1 atom stereocenters. The molecular weight excluding hydrogens is 321 g/mol. The van der Waals surface area contributed by atoms with Gasteiger partial charge in [0.1, 0.15) is 5.82 Å². The van der Waals surface area contributed by atoms with Crippen LogP contribution in [0.5, 0.6) is 0 Å². The molecule has 18 heavy (non-hydrogen) atoms. The lowest BCUT2D eigenvalue weighted by molar-refractivity contribution is 0.0782. The Hall–Kier alpha value is -0.610. The first-order chi connectivity index (χ1) is 8.61. The molecule has 1 aliphatic heterocycles. The number of likely N-dealkylation sites (tertiary alicyclic amines) is 1. The molecule has 1 aromatic carbocycles. The van der Waals surface area contributed by atoms with Gasteiger partial charge in [-0.25, -0.2) is 4.39 Å². The van der Waals surface area contributed by atoms with Crippen molar-refractivity contribution in [3.05, 3.63) is 34.1 Å². The number of nitrogens with zero attached hydrogens (tertiary/aromatic N) is 1. The lowest BCUT2D eigenvalue weighted by Crippen LogP contribution is -2.29. The van der Waals surface area contributed by atoms with Gasteiger partial charge < -0.3 is 4.90 Å². The lowest BCUT2D eigenvalue weighted by Gasteiger charge is -2.16. The van der Waals surface area contributed by atoms with E-state index in [9.17, 15) is 9.18 Å². The highest BCUT2D eigenvalue weighted by Crippen LogP contribution is 2.23. The van der Waals surface area contributed by atoms with E-state index in [0.717, 1.165) is 12.8 Å². The van der Waals surface area contributed by atoms with Crippen molar-refractivity contribution in [2.75, 3.05) is 19.0 Å². The van der Waals surface area contributed by atoms with Gasteiger partial charge in [0.05, 0.1) is 5.56 Å². The average Bonchev–Trinajstić information content (AvgIpc) is 2.77. The van der Waals surface area contributed by atoms with Crippen LogP contribution in [0, 0.1) is 11.7 Å². The van der Waals surface area contributed by atoms with Crippen LogP contribution in [0.3, 0.4) is 0 Å². The summed E-state index contributed by atoms with van der Waals surface area (Å²) in [5.74, 6) is 0.358. The fourth-order valence-electron chi connectivity index (χ4n) is 2.24. The van der Waals surface area contributed by atoms with Crippen molar-refractivity contribution in [3.63, 3.8) is 0 Å². The summed E-state index contributed by atoms with van der Waals surface area (Å²) >= 11 is 8.88. The van der Waals surface area contributed by atoms with Gasteiger partial charge >= 0.3 is 0 Å². The fraction of sp³-hybridized carbons (Fsp3) is 0.462. The Morgan fingerprint density at radius 2 is 2.33 bits per heavy atom. The quantitative estimate of drug-likeness (QED) is 0.772. The zero-order valence-corrected chi connectivity index (χ0v) is 12.2. The second kappa shape index (κ2) is 6.02. The molecule has 2 nitrogen and oxygen atoms in total. The molecule has 98 valence electrons. The lowest BCUT2D eigenvalue weighted by atomic mass is 10.1. The molecule has 5 heteroatoms. The van der Waals surface area contributed by atoms with Crippen LogP contribution in [-0.4, -0.2) is 29.8 Å². The van der Waals surface area contributed by atoms with Crippen LogP contribution in [-0.2, 0) is 0 Å². The summed E-state index contributed by atoms with van der Waals surface area (Å²) in [6, 6.07) is 4.53. The van der Waals surface area contributed by atoms with E-state index in [1.165, 1.54) is 12.1 Å². The van der Waals surface area contributed by atoms with Crippen LogP contribution in [0.15, 0.2) is 22.7 Å². The molecule has 0 saturated carbocycles. The average molecular weight is 335 g/mol. The SMILES string of the molecule is O=C(c1ccc(Br)cc1F)N1CCC(CCCl)C1. The van der Waals surface area contributed by atoms with Crippen LogP contribution in [0.25, 0.3) is 0 Å². The molecule has 1 saturated heterocycles. The van der Waals surface area contributed by atoms with E-state index in [2.05, 4.69) is 15.9 Å². The number of halogens is 3. The first kappa shape index (κ1) is 13.8. The predicted molar refractivity (Wildman–Crippen MR) is 73.4 cm³/mol. The number of alkyl halides is 1. The van der Waals surface area contributed by atoms with Gasteiger partial charge in [-0.2, -0.15) is 0 Å². The molecule has 0 radical (unpaired) electrons. The monoisotopic (exact) mass is 333 g/mol. The van der Waals surface area contributed by atoms with Gasteiger partial charge in [-0.05, 0) is 37.0 Å². The molecule has 1 unspecified atom stereocenters. The van der Waals surface area contributed by atoms with E-state index in [1.807, 2.05) is 0 Å². The molecule has 0 N–H and O–H groups in total. The number of benzene rings is 1. The molecule has 1 heterocycles. The third kappa shape index (κ3) is 3.04. The summed E-state index contributed by atoms with van der Waals surface area (Å²) in [6.45, 7) is 1.37. The fourth-order valence-corrected chi connectivity index (χ4v) is 2.88. The highest BCUT2D eigenvalue weighted by atomic mass is 79.9. The minimum Gasteiger partial charge on any atom is -0.338 e. The van der Waals surface area contributed by atoms with Crippen molar-refractivity contribution >= 4 is 33.4 Å². The van der Waals surface area contributed by atoms with Crippen LogP contribution >= 0.6 is 27.5 Å². The van der Waals surface area contributed by atoms with Crippen molar-refractivity contribution in [1.82, 2.24) is 4.90 Å². The molecule has 0 aromatic heterocycles. The van der Waals surface area contributed by atoms with Crippen molar-refractivity contribution in [3.8, 4) is 0 Å². The number of carbonyl (C=O) groups is 1. The molecule has 1 amide bonds. The number of rotatable bonds is 3. The van der Waals surface area contributed by atoms with E-state index in [-0.39, 0.29) is 11.5 Å². The molecule has 1 fully saturated rings. The van der Waals surface area contributed by atoms with Gasteiger partial charge in [-0.1, -0.05) is 15.9 Å². The smallest absolute Gasteiger partial charge is 0.256 e. The maximum atomic E-state index is 13.7. The van der Waals surface area contributed by atoms with Crippen LogP contribution < -0.4 is 0 Å². The zero-order valence-electron chi connectivity index (χ0n) is 9.83. The third-order valence-corrected chi connectivity index (χ3v) is 3.96. The van der Waals surface area contributed by atoms with Gasteiger partial charge in [0.25, 0.3) is 5.91 Å². The van der Waals surface area contributed by atoms with E-state index < -0.39 is 5.82 Å². The summed E-state index contributed by atoms with van der Waals surface area (Å²) < 4.78 is 14.3. The summed E-state index contributed by atoms with van der Waals surface area (Å²) in [7, 11) is 0. The Labute approximate surface area is 119 Å². The first-order valence-corrected chi connectivity index (χ1v) is 7.25. The summed E-state index contributed by atoms with van der Waals surface area (Å²) in [5, 5.41) is 0. The number of hydrogen-bond donors (Lipinski definition) is 0. The summed E-state index contributed by atoms with van der Waals surface area (Å²) in [4.78, 5) is 13.9. The van der Waals surface area contributed by atoms with E-state index in [1.54, 1.807) is 11.0 Å². The second-order valence-corrected chi connectivity index (χ2v) is 5.80. The first-order valence-electron chi connectivity index (χ1n) is 5.92. The highest BCUT2D eigenvalue weighted by molar-refractivity contribution is 9.10. The van der Waals surface area contributed by atoms with E-state index in [0.29, 0.717) is 29.4 Å². The van der Waals surface area contributed by atoms with Gasteiger partial charge in [-0.3, -0.25) is 4.79 Å². The van der Waals surface area contributed by atoms with Crippen molar-refractivity contribution in [1.29, 1.82) is 0 Å². The third-order valence-electron chi connectivity index (χ3n) is 3.25. The maximum absolute atomic E-state index is 13.7. The van der Waals surface area contributed by atoms with Gasteiger partial charge in [-0.15, -0.1) is 11.6 Å². The Bertz CT molecular complexity index is 455. The molecule has 0 aliphatic carbocycles. The maximum Gasteiger partial charge on any atom is 0.256 e. The Kier molecular flexibility index (Phi) is 4.62. The van der Waals surface area contributed by atoms with Crippen LogP contribution in [0.1, 0.15) is 23.2 Å². The van der Waals surface area contributed by atoms with Gasteiger partial charge in [0, 0.05) is 23.4 Å². The molecule has 1 aromatic rings. The Balaban J connectivity index is 2.08. The molecule has 0 spiro atoms. The topological polar surface area (TPSA) is 20.3 Å². The zero-order chi connectivity index (χ0) is 13.1. The van der Waals surface area contributed by atoms with Crippen molar-refractivity contribution in [2.24, 2.45) is 5.92 Å². The second-order valence-electron chi connectivity index (χ2n) is 4.51. The number of hydrogen-bond acceptors (Lipinski definition) is 1. The molecule has 2 rings (SSSR count). The number of carbonyl (C=O) groups excluding carboxylic acids is 1. The minimum absolute atomic E-state index is 0.143. The molecule has 0 bridgehead atoms. The standard InChI is InChI=1S/C13H14BrClFNO/c14-10-1-2-11(12(16)7-10)13(18)17-6-4-9(8-17)3-5-15/h1-2,7,9H,3-6,8H2. The van der Waals surface area contributed by atoms with Crippen LogP contribution in [0.2, 0.25) is 0 Å². The predicted octanol–water partition coefficient (Wildman–Crippen LogP) is 3.68. The molecule has 1 aliphatic rings. The van der Waals surface area contributed by atoms with E-state index in [4.69, 9.17) is 11.6 Å². The summed E-state index contributed by atoms with van der Waals surface area (Å²) in [6.07, 6.45) is 1.87. The Morgan fingerprint density at radius 1 is 1.56 bits per heavy atom. The minimum atomic E-state index is -0.477. The van der Waals surface area contributed by atoms with Gasteiger partial charge in [0.15, 0.2) is 0 Å². The normalized spacial score (nSPS) is 19.3. The summed E-state index contributed by atoms with van der Waals surface area (Å²) in [5.41, 5.74) is 0.143. The van der Waals surface area contributed by atoms with Gasteiger partial charge in [0.2, 0.25) is 0 Å². The van der Waals surface area contributed by atoms with E-state index >= 15 is 0 Å². The van der Waals surface area contributed by atoms with Crippen molar-refractivity contribution in [2.45, 2.75) is 12.8 Å². The van der Waals surface area contributed by atoms with Crippen molar-refractivity contribution < 1.29 is 9.18 Å². The molecular formula is C13H14BrClFNO. The Morgan fingerprint density at radius 3 is 3.00 bits per heavy atom. The number of amides is 1. The largest absolute Gasteiger partial charge is 0.338 e. The van der Waals surface area contributed by atoms with Crippen LogP contribution in [0.4, 0.5) is 4.39 Å². The highest BCUT2D eigenvalue weighted by Gasteiger charge is 2.27.